The number of thiophene rings is 1. The van der Waals surface area contributed by atoms with Gasteiger partial charge in [0.2, 0.25) is 11.7 Å². The molecule has 4 nitrogen and oxygen atoms in total. The first-order valence-electron chi connectivity index (χ1n) is 5.45. The van der Waals surface area contributed by atoms with Crippen molar-refractivity contribution in [3.05, 3.63) is 21.8 Å². The molecule has 2 aromatic rings. The zero-order valence-electron chi connectivity index (χ0n) is 9.68. The third-order valence-electron chi connectivity index (χ3n) is 2.77. The van der Waals surface area contributed by atoms with Gasteiger partial charge in [-0.15, -0.1) is 11.3 Å². The van der Waals surface area contributed by atoms with Crippen molar-refractivity contribution in [3.8, 4) is 10.7 Å². The van der Waals surface area contributed by atoms with Crippen LogP contribution in [0.15, 0.2) is 20.4 Å². The predicted octanol–water partition coefficient (Wildman–Crippen LogP) is 3.61. The maximum Gasteiger partial charge on any atom is 0.244 e. The molecule has 0 aliphatic heterocycles. The third kappa shape index (κ3) is 2.75. The van der Waals surface area contributed by atoms with Gasteiger partial charge in [0.1, 0.15) is 0 Å². The molecule has 2 atom stereocenters. The molecule has 2 N–H and O–H groups in total. The van der Waals surface area contributed by atoms with Crippen LogP contribution in [0, 0.1) is 5.92 Å². The third-order valence-corrected chi connectivity index (χ3v) is 4.46. The molecule has 92 valence electrons. The van der Waals surface area contributed by atoms with E-state index in [1.54, 1.807) is 11.3 Å². The molecule has 0 aliphatic carbocycles. The lowest BCUT2D eigenvalue weighted by Crippen LogP contribution is -2.18. The van der Waals surface area contributed by atoms with Crippen LogP contribution < -0.4 is 5.73 Å². The van der Waals surface area contributed by atoms with E-state index in [-0.39, 0.29) is 6.04 Å². The fourth-order valence-corrected chi connectivity index (χ4v) is 2.75. The number of rotatable bonds is 4. The number of hydrogen-bond acceptors (Lipinski definition) is 5. The van der Waals surface area contributed by atoms with Crippen molar-refractivity contribution in [1.82, 2.24) is 10.1 Å². The Morgan fingerprint density at radius 1 is 1.59 bits per heavy atom. The summed E-state index contributed by atoms with van der Waals surface area (Å²) in [5.41, 5.74) is 6.04. The topological polar surface area (TPSA) is 64.9 Å². The number of aromatic nitrogens is 2. The minimum Gasteiger partial charge on any atom is -0.337 e. The first-order chi connectivity index (χ1) is 8.11. The first-order valence-corrected chi connectivity index (χ1v) is 7.12. The normalized spacial score (nSPS) is 14.8. The highest BCUT2D eigenvalue weighted by atomic mass is 79.9. The van der Waals surface area contributed by atoms with Gasteiger partial charge in [-0.3, -0.25) is 0 Å². The average molecular weight is 316 g/mol. The molecule has 0 saturated carbocycles. The Balaban J connectivity index is 2.21. The van der Waals surface area contributed by atoms with Crippen LogP contribution in [0.5, 0.6) is 0 Å². The highest BCUT2D eigenvalue weighted by Gasteiger charge is 2.20. The van der Waals surface area contributed by atoms with Crippen molar-refractivity contribution in [2.24, 2.45) is 11.7 Å². The minimum atomic E-state index is -0.190. The molecule has 1 unspecified atom stereocenters. The highest BCUT2D eigenvalue weighted by Crippen LogP contribution is 2.29. The second-order valence-corrected chi connectivity index (χ2v) is 5.82. The fraction of sp³-hybridized carbons (Fsp3) is 0.455. The lowest BCUT2D eigenvalue weighted by molar-refractivity contribution is 0.312. The molecule has 0 bridgehead atoms. The van der Waals surface area contributed by atoms with Crippen LogP contribution in [0.1, 0.15) is 32.2 Å². The molecular formula is C11H14BrN3OS. The monoisotopic (exact) mass is 315 g/mol. The largest absolute Gasteiger partial charge is 0.337 e. The van der Waals surface area contributed by atoms with E-state index in [2.05, 4.69) is 39.9 Å². The molecule has 2 heterocycles. The quantitative estimate of drug-likeness (QED) is 0.936. The van der Waals surface area contributed by atoms with Crippen molar-refractivity contribution in [1.29, 1.82) is 0 Å². The molecule has 17 heavy (non-hydrogen) atoms. The molecule has 0 amide bonds. The summed E-state index contributed by atoms with van der Waals surface area (Å²) in [7, 11) is 0. The predicted molar refractivity (Wildman–Crippen MR) is 71.7 cm³/mol. The van der Waals surface area contributed by atoms with Crippen LogP contribution in [-0.2, 0) is 0 Å². The van der Waals surface area contributed by atoms with Gasteiger partial charge >= 0.3 is 0 Å². The molecule has 2 aromatic heterocycles. The smallest absolute Gasteiger partial charge is 0.244 e. The van der Waals surface area contributed by atoms with Crippen LogP contribution >= 0.6 is 27.3 Å². The molecule has 0 fully saturated rings. The summed E-state index contributed by atoms with van der Waals surface area (Å²) >= 11 is 4.97. The Hall–Kier alpha value is -0.720. The molecule has 6 heteroatoms. The van der Waals surface area contributed by atoms with Crippen LogP contribution in [0.25, 0.3) is 10.7 Å². The fourth-order valence-electron chi connectivity index (χ4n) is 1.40. The van der Waals surface area contributed by atoms with E-state index in [0.29, 0.717) is 17.6 Å². The Kier molecular flexibility index (Phi) is 3.96. The number of hydrogen-bond donors (Lipinski definition) is 1. The summed E-state index contributed by atoms with van der Waals surface area (Å²) in [6.07, 6.45) is 0.990. The minimum absolute atomic E-state index is 0.190. The zero-order valence-corrected chi connectivity index (χ0v) is 12.1. The van der Waals surface area contributed by atoms with Crippen molar-refractivity contribution < 1.29 is 4.52 Å². The van der Waals surface area contributed by atoms with E-state index < -0.39 is 0 Å². The molecule has 0 radical (unpaired) electrons. The van der Waals surface area contributed by atoms with E-state index in [9.17, 15) is 0 Å². The van der Waals surface area contributed by atoms with Crippen LogP contribution in [0.3, 0.4) is 0 Å². The van der Waals surface area contributed by atoms with E-state index >= 15 is 0 Å². The van der Waals surface area contributed by atoms with Crippen LogP contribution in [0.4, 0.5) is 0 Å². The number of nitrogens with zero attached hydrogens (tertiary/aromatic N) is 2. The van der Waals surface area contributed by atoms with Crippen molar-refractivity contribution >= 4 is 27.3 Å². The molecule has 0 aliphatic rings. The molecule has 0 saturated heterocycles. The highest BCUT2D eigenvalue weighted by molar-refractivity contribution is 9.10. The van der Waals surface area contributed by atoms with Gasteiger partial charge in [-0.2, -0.15) is 4.98 Å². The van der Waals surface area contributed by atoms with Gasteiger partial charge in [-0.1, -0.05) is 25.4 Å². The second-order valence-electron chi connectivity index (χ2n) is 4.00. The molecule has 0 aromatic carbocycles. The van der Waals surface area contributed by atoms with E-state index in [4.69, 9.17) is 10.3 Å². The van der Waals surface area contributed by atoms with Crippen molar-refractivity contribution in [2.45, 2.75) is 26.3 Å². The summed E-state index contributed by atoms with van der Waals surface area (Å²) in [6.45, 7) is 4.18. The summed E-state index contributed by atoms with van der Waals surface area (Å²) in [5, 5.41) is 5.95. The van der Waals surface area contributed by atoms with E-state index in [1.807, 2.05) is 11.4 Å². The van der Waals surface area contributed by atoms with Crippen LogP contribution in [0.2, 0.25) is 0 Å². The Morgan fingerprint density at radius 3 is 2.94 bits per heavy atom. The summed E-state index contributed by atoms with van der Waals surface area (Å²) in [6, 6.07) is 1.78. The Bertz CT molecular complexity index is 496. The molecule has 0 spiro atoms. The summed E-state index contributed by atoms with van der Waals surface area (Å²) in [4.78, 5) is 5.32. The van der Waals surface area contributed by atoms with Crippen molar-refractivity contribution in [3.63, 3.8) is 0 Å². The number of nitrogens with two attached hydrogens (primary N) is 1. The Morgan fingerprint density at radius 2 is 2.35 bits per heavy atom. The Labute approximate surface area is 112 Å². The van der Waals surface area contributed by atoms with Gasteiger partial charge in [0.15, 0.2) is 0 Å². The average Bonchev–Trinajstić information content (AvgIpc) is 2.95. The number of halogens is 1. The van der Waals surface area contributed by atoms with Gasteiger partial charge in [-0.25, -0.2) is 0 Å². The van der Waals surface area contributed by atoms with Crippen LogP contribution in [-0.4, -0.2) is 10.1 Å². The molecule has 2 rings (SSSR count). The lowest BCUT2D eigenvalue weighted by atomic mass is 10.0. The summed E-state index contributed by atoms with van der Waals surface area (Å²) in [5.74, 6) is 1.45. The van der Waals surface area contributed by atoms with Gasteiger partial charge in [0.25, 0.3) is 0 Å². The second kappa shape index (κ2) is 5.29. The lowest BCUT2D eigenvalue weighted by Gasteiger charge is -2.12. The van der Waals surface area contributed by atoms with Gasteiger partial charge in [0, 0.05) is 9.85 Å². The SMILES string of the molecule is CCC(C)[C@H](N)c1nc(-c2cc(Br)cs2)no1. The van der Waals surface area contributed by atoms with E-state index in [1.165, 1.54) is 0 Å². The van der Waals surface area contributed by atoms with E-state index in [0.717, 1.165) is 15.8 Å². The van der Waals surface area contributed by atoms with Crippen molar-refractivity contribution in [2.75, 3.05) is 0 Å². The standard InChI is InChI=1S/C11H14BrN3OS/c1-3-6(2)9(13)11-14-10(15-16-11)8-4-7(12)5-17-8/h4-6,9H,3,13H2,1-2H3/t6?,9-/m0/s1. The van der Waals surface area contributed by atoms with Gasteiger partial charge in [-0.05, 0) is 27.9 Å². The zero-order chi connectivity index (χ0) is 12.4. The molecular weight excluding hydrogens is 302 g/mol. The first kappa shape index (κ1) is 12.7. The van der Waals surface area contributed by atoms with Gasteiger partial charge in [0.05, 0.1) is 10.9 Å². The van der Waals surface area contributed by atoms with Gasteiger partial charge < -0.3 is 10.3 Å². The summed E-state index contributed by atoms with van der Waals surface area (Å²) < 4.78 is 6.24. The maximum absolute atomic E-state index is 6.04. The maximum atomic E-state index is 6.04.